The van der Waals surface area contributed by atoms with Crippen LogP contribution >= 0.6 is 0 Å². The van der Waals surface area contributed by atoms with Gasteiger partial charge in [-0.15, -0.1) is 0 Å². The summed E-state index contributed by atoms with van der Waals surface area (Å²) in [4.78, 5) is 34.9. The minimum atomic E-state index is -1.44. The van der Waals surface area contributed by atoms with Gasteiger partial charge in [0.05, 0.1) is 6.54 Å². The van der Waals surface area contributed by atoms with Crippen LogP contribution in [0, 0.1) is 28.6 Å². The molecule has 204 valence electrons. The quantitative estimate of drug-likeness (QED) is 0.600. The fraction of sp³-hybridized carbons (Fsp3) is 0.645. The maximum Gasteiger partial charge on any atom is 0.179 e. The van der Waals surface area contributed by atoms with E-state index in [9.17, 15) is 14.7 Å². The molecule has 7 heteroatoms. The minimum absolute atomic E-state index is 0.00899. The zero-order chi connectivity index (χ0) is 26.9. The zero-order valence-electron chi connectivity index (χ0n) is 22.8. The third kappa shape index (κ3) is 3.68. The van der Waals surface area contributed by atoms with Gasteiger partial charge in [0.25, 0.3) is 0 Å². The lowest BCUT2D eigenvalue weighted by molar-refractivity contribution is -0.160. The van der Waals surface area contributed by atoms with Crippen molar-refractivity contribution < 1.29 is 19.1 Å². The molecule has 0 radical (unpaired) electrons. The van der Waals surface area contributed by atoms with Crippen molar-refractivity contribution in [3.8, 4) is 0 Å². The minimum Gasteiger partial charge on any atom is -0.381 e. The van der Waals surface area contributed by atoms with Gasteiger partial charge in [0, 0.05) is 49.6 Å². The molecule has 4 aliphatic carbocycles. The number of fused-ring (bicyclic) bond motifs is 5. The molecule has 2 heterocycles. The Balaban J connectivity index is 1.22. The number of rotatable bonds is 4. The number of allylic oxidation sites excluding steroid dienone is 4. The molecular formula is C31H40FN3O3. The number of aliphatic hydroxyl groups is 1. The van der Waals surface area contributed by atoms with Crippen molar-refractivity contribution in [3.63, 3.8) is 0 Å². The van der Waals surface area contributed by atoms with Gasteiger partial charge in [-0.3, -0.25) is 14.5 Å². The first kappa shape index (κ1) is 25.9. The standard InChI is InChI=1S/C31H40FN3O3/c1-20-16-24-22-18-26(32)25-17-21(36)7-9-29(25,2)23(22)8-10-30(24,3)31(20,38)27(37)19-34-12-14-35(15-13-34)28-6-4-5-11-33-28/h4-6,8,11,17,20,22,24,26,38H,7,9-10,12-16,18-19H2,1-3H3/t20-,22+,24-,26-,29+,30-,31-/m0/s1. The predicted molar refractivity (Wildman–Crippen MR) is 144 cm³/mol. The molecule has 0 unspecified atom stereocenters. The number of alkyl halides is 1. The highest BCUT2D eigenvalue weighted by Gasteiger charge is 2.67. The Hall–Kier alpha value is -2.38. The molecule has 1 aliphatic heterocycles. The highest BCUT2D eigenvalue weighted by molar-refractivity contribution is 5.92. The Morgan fingerprint density at radius 1 is 1.16 bits per heavy atom. The molecule has 0 bridgehead atoms. The predicted octanol–water partition coefficient (Wildman–Crippen LogP) is 4.15. The summed E-state index contributed by atoms with van der Waals surface area (Å²) in [6.07, 6.45) is 7.18. The molecule has 38 heavy (non-hydrogen) atoms. The molecule has 1 aromatic heterocycles. The van der Waals surface area contributed by atoms with E-state index in [0.717, 1.165) is 38.4 Å². The summed E-state index contributed by atoms with van der Waals surface area (Å²) in [7, 11) is 0. The first-order valence-electron chi connectivity index (χ1n) is 14.3. The van der Waals surface area contributed by atoms with Crippen molar-refractivity contribution in [3.05, 3.63) is 47.7 Å². The van der Waals surface area contributed by atoms with Crippen LogP contribution in [-0.4, -0.2) is 71.1 Å². The number of anilines is 1. The first-order valence-corrected chi connectivity index (χ1v) is 14.3. The summed E-state index contributed by atoms with van der Waals surface area (Å²) in [5, 5.41) is 12.3. The lowest BCUT2D eigenvalue weighted by Crippen LogP contribution is -2.60. The Labute approximate surface area is 225 Å². The largest absolute Gasteiger partial charge is 0.381 e. The number of aromatic nitrogens is 1. The van der Waals surface area contributed by atoms with Crippen molar-refractivity contribution >= 4 is 17.4 Å². The normalized spacial score (nSPS) is 41.1. The molecule has 1 aromatic rings. The number of pyridine rings is 1. The van der Waals surface area contributed by atoms with Crippen molar-refractivity contribution in [1.29, 1.82) is 0 Å². The number of hydrogen-bond acceptors (Lipinski definition) is 6. The molecule has 5 aliphatic rings. The van der Waals surface area contributed by atoms with Crippen LogP contribution in [0.3, 0.4) is 0 Å². The summed E-state index contributed by atoms with van der Waals surface area (Å²) in [6.45, 7) is 9.48. The van der Waals surface area contributed by atoms with E-state index in [4.69, 9.17) is 0 Å². The van der Waals surface area contributed by atoms with Gasteiger partial charge in [0.2, 0.25) is 0 Å². The number of hydrogen-bond donors (Lipinski definition) is 1. The monoisotopic (exact) mass is 521 g/mol. The third-order valence-corrected chi connectivity index (χ3v) is 11.0. The van der Waals surface area contributed by atoms with Crippen molar-refractivity contribution in [2.45, 2.75) is 64.6 Å². The molecule has 3 fully saturated rings. The summed E-state index contributed by atoms with van der Waals surface area (Å²) >= 11 is 0. The van der Waals surface area contributed by atoms with Gasteiger partial charge in [0.15, 0.2) is 11.6 Å². The van der Waals surface area contributed by atoms with Gasteiger partial charge in [-0.1, -0.05) is 38.5 Å². The number of nitrogens with zero attached hydrogens (tertiary/aromatic N) is 3. The molecule has 0 amide bonds. The Kier molecular flexibility index (Phi) is 6.19. The van der Waals surface area contributed by atoms with Crippen molar-refractivity contribution in [2.24, 2.45) is 28.6 Å². The van der Waals surface area contributed by atoms with Gasteiger partial charge in [-0.2, -0.15) is 0 Å². The van der Waals surface area contributed by atoms with Crippen LogP contribution in [0.15, 0.2) is 47.7 Å². The molecular weight excluding hydrogens is 481 g/mol. The number of Topliss-reactive ketones (excluding diaryl/α,β-unsaturated/α-hetero) is 1. The van der Waals surface area contributed by atoms with Gasteiger partial charge in [-0.25, -0.2) is 9.37 Å². The topological polar surface area (TPSA) is 73.7 Å². The summed E-state index contributed by atoms with van der Waals surface area (Å²) in [5.41, 5.74) is -0.624. The van der Waals surface area contributed by atoms with Crippen molar-refractivity contribution in [2.75, 3.05) is 37.6 Å². The SMILES string of the molecule is C[C@H]1C[C@H]2[C@@H]3C[C@H](F)C4=CC(=O)CC[C@]4(C)C3=CC[C@]2(C)[C@@]1(O)C(=O)CN1CCN(c2ccccn2)CC1. The molecule has 2 saturated carbocycles. The molecule has 0 spiro atoms. The number of carbonyl (C=O) groups is 2. The number of ketones is 2. The summed E-state index contributed by atoms with van der Waals surface area (Å²) in [5.74, 6) is 0.723. The van der Waals surface area contributed by atoms with E-state index in [2.05, 4.69) is 34.7 Å². The highest BCUT2D eigenvalue weighted by Crippen LogP contribution is 2.67. The summed E-state index contributed by atoms with van der Waals surface area (Å²) in [6, 6.07) is 5.90. The van der Waals surface area contributed by atoms with Gasteiger partial charge >= 0.3 is 0 Å². The van der Waals surface area contributed by atoms with E-state index in [0.29, 0.717) is 31.3 Å². The summed E-state index contributed by atoms with van der Waals surface area (Å²) < 4.78 is 15.6. The van der Waals surface area contributed by atoms with Crippen LogP contribution < -0.4 is 4.90 Å². The molecule has 7 atom stereocenters. The maximum atomic E-state index is 15.6. The number of halogens is 1. The molecule has 6 rings (SSSR count). The number of piperazine rings is 1. The number of carbonyl (C=O) groups excluding carboxylic acids is 2. The van der Waals surface area contributed by atoms with E-state index >= 15 is 4.39 Å². The van der Waals surface area contributed by atoms with Gasteiger partial charge in [-0.05, 0) is 67.2 Å². The van der Waals surface area contributed by atoms with Crippen molar-refractivity contribution in [1.82, 2.24) is 9.88 Å². The van der Waals surface area contributed by atoms with Crippen LogP contribution in [0.5, 0.6) is 0 Å². The highest BCUT2D eigenvalue weighted by atomic mass is 19.1. The molecule has 1 saturated heterocycles. The average molecular weight is 522 g/mol. The molecule has 0 aromatic carbocycles. The fourth-order valence-corrected chi connectivity index (χ4v) is 8.80. The van der Waals surface area contributed by atoms with E-state index in [1.807, 2.05) is 25.1 Å². The second-order valence-electron chi connectivity index (χ2n) is 12.9. The van der Waals surface area contributed by atoms with Crippen LogP contribution in [0.1, 0.15) is 52.9 Å². The van der Waals surface area contributed by atoms with Crippen LogP contribution in [-0.2, 0) is 9.59 Å². The van der Waals surface area contributed by atoms with E-state index < -0.39 is 22.6 Å². The lowest BCUT2D eigenvalue weighted by atomic mass is 9.50. The van der Waals surface area contributed by atoms with Crippen LogP contribution in [0.4, 0.5) is 10.2 Å². The fourth-order valence-electron chi connectivity index (χ4n) is 8.80. The Morgan fingerprint density at radius 3 is 2.63 bits per heavy atom. The van der Waals surface area contributed by atoms with Crippen LogP contribution in [0.2, 0.25) is 0 Å². The second-order valence-corrected chi connectivity index (χ2v) is 12.9. The first-order chi connectivity index (χ1) is 18.1. The smallest absolute Gasteiger partial charge is 0.179 e. The molecule has 6 nitrogen and oxygen atoms in total. The van der Waals surface area contributed by atoms with E-state index in [1.54, 1.807) is 12.3 Å². The van der Waals surface area contributed by atoms with E-state index in [-0.39, 0.29) is 35.9 Å². The zero-order valence-corrected chi connectivity index (χ0v) is 22.8. The Morgan fingerprint density at radius 2 is 1.92 bits per heavy atom. The third-order valence-electron chi connectivity index (χ3n) is 11.0. The average Bonchev–Trinajstić information content (AvgIpc) is 3.12. The van der Waals surface area contributed by atoms with Crippen LogP contribution in [0.25, 0.3) is 0 Å². The van der Waals surface area contributed by atoms with E-state index in [1.165, 1.54) is 5.57 Å². The second kappa shape index (κ2) is 9.09. The molecule has 1 N–H and O–H groups in total. The Bertz CT molecular complexity index is 1190. The van der Waals surface area contributed by atoms with Gasteiger partial charge < -0.3 is 10.0 Å². The van der Waals surface area contributed by atoms with Gasteiger partial charge in [0.1, 0.15) is 17.6 Å². The lowest BCUT2D eigenvalue weighted by Gasteiger charge is -2.55. The maximum absolute atomic E-state index is 15.6.